The maximum Gasteiger partial charge on any atom is 0.234 e. The number of thioether (sulfide) groups is 1. The van der Waals surface area contributed by atoms with Crippen LogP contribution in [0.2, 0.25) is 5.02 Å². The standard InChI is InChI=1S/C24H23ClN4OS2/c1-3-16(2)17-6-10-19(11-7-17)26-22(30)15-32-24-28-27-23(21-5-4-14-31-21)29(24)20-12-8-18(25)9-13-20/h4-14,16H,3,15H2,1-2H3,(H,26,30). The molecule has 4 rings (SSSR count). The molecule has 2 aromatic carbocycles. The average Bonchev–Trinajstić information content (AvgIpc) is 3.48. The molecular weight excluding hydrogens is 460 g/mol. The summed E-state index contributed by atoms with van der Waals surface area (Å²) in [6.45, 7) is 4.37. The van der Waals surface area contributed by atoms with Gasteiger partial charge in [0.05, 0.1) is 10.6 Å². The molecule has 0 saturated heterocycles. The molecule has 164 valence electrons. The molecule has 4 aromatic rings. The van der Waals surface area contributed by atoms with Crippen LogP contribution >= 0.6 is 34.7 Å². The van der Waals surface area contributed by atoms with E-state index in [9.17, 15) is 4.79 Å². The molecule has 8 heteroatoms. The van der Waals surface area contributed by atoms with Gasteiger partial charge in [0.25, 0.3) is 0 Å². The third-order valence-electron chi connectivity index (χ3n) is 5.17. The van der Waals surface area contributed by atoms with Crippen molar-refractivity contribution in [1.82, 2.24) is 14.8 Å². The summed E-state index contributed by atoms with van der Waals surface area (Å²) >= 11 is 9.02. The Kier molecular flexibility index (Phi) is 7.29. The van der Waals surface area contributed by atoms with E-state index in [0.717, 1.165) is 28.5 Å². The number of amides is 1. The SMILES string of the molecule is CCC(C)c1ccc(NC(=O)CSc2nnc(-c3cccs3)n2-c2ccc(Cl)cc2)cc1. The molecular formula is C24H23ClN4OS2. The van der Waals surface area contributed by atoms with E-state index in [1.807, 2.05) is 58.5 Å². The summed E-state index contributed by atoms with van der Waals surface area (Å²) in [5, 5.41) is 15.0. The minimum Gasteiger partial charge on any atom is -0.325 e. The second-order valence-electron chi connectivity index (χ2n) is 7.36. The Balaban J connectivity index is 1.49. The number of nitrogens with zero attached hydrogens (tertiary/aromatic N) is 3. The van der Waals surface area contributed by atoms with Crippen LogP contribution in [-0.2, 0) is 4.79 Å². The van der Waals surface area contributed by atoms with E-state index in [2.05, 4.69) is 41.5 Å². The molecule has 2 aromatic heterocycles. The van der Waals surface area contributed by atoms with Crippen LogP contribution in [0.5, 0.6) is 0 Å². The second kappa shape index (κ2) is 10.3. The quantitative estimate of drug-likeness (QED) is 0.278. The summed E-state index contributed by atoms with van der Waals surface area (Å²) in [4.78, 5) is 13.6. The zero-order valence-corrected chi connectivity index (χ0v) is 20.2. The van der Waals surface area contributed by atoms with E-state index in [1.165, 1.54) is 17.3 Å². The average molecular weight is 483 g/mol. The van der Waals surface area contributed by atoms with Gasteiger partial charge in [0.15, 0.2) is 11.0 Å². The number of anilines is 1. The van der Waals surface area contributed by atoms with Gasteiger partial charge in [-0.05, 0) is 65.7 Å². The largest absolute Gasteiger partial charge is 0.325 e. The molecule has 5 nitrogen and oxygen atoms in total. The van der Waals surface area contributed by atoms with Gasteiger partial charge in [0, 0.05) is 16.4 Å². The maximum atomic E-state index is 12.6. The Morgan fingerprint density at radius 2 is 1.88 bits per heavy atom. The normalized spacial score (nSPS) is 12.0. The van der Waals surface area contributed by atoms with Crippen LogP contribution in [0.3, 0.4) is 0 Å². The van der Waals surface area contributed by atoms with Crippen LogP contribution in [-0.4, -0.2) is 26.4 Å². The topological polar surface area (TPSA) is 59.8 Å². The van der Waals surface area contributed by atoms with Crippen molar-refractivity contribution in [3.05, 3.63) is 76.6 Å². The summed E-state index contributed by atoms with van der Waals surface area (Å²) < 4.78 is 1.96. The molecule has 0 radical (unpaired) electrons. The van der Waals surface area contributed by atoms with Gasteiger partial charge < -0.3 is 5.32 Å². The van der Waals surface area contributed by atoms with Gasteiger partial charge in [-0.25, -0.2) is 0 Å². The molecule has 0 aliphatic carbocycles. The number of rotatable bonds is 8. The monoisotopic (exact) mass is 482 g/mol. The predicted molar refractivity (Wildman–Crippen MR) is 134 cm³/mol. The Morgan fingerprint density at radius 3 is 2.53 bits per heavy atom. The lowest BCUT2D eigenvalue weighted by Crippen LogP contribution is -2.14. The Hall–Kier alpha value is -2.61. The van der Waals surface area contributed by atoms with Gasteiger partial charge in [-0.3, -0.25) is 9.36 Å². The van der Waals surface area contributed by atoms with E-state index in [4.69, 9.17) is 11.6 Å². The van der Waals surface area contributed by atoms with E-state index >= 15 is 0 Å². The number of carbonyl (C=O) groups excluding carboxylic acids is 1. The number of carbonyl (C=O) groups is 1. The number of hydrogen-bond donors (Lipinski definition) is 1. The highest BCUT2D eigenvalue weighted by atomic mass is 35.5. The molecule has 2 heterocycles. The molecule has 1 atom stereocenters. The summed E-state index contributed by atoms with van der Waals surface area (Å²) in [7, 11) is 0. The molecule has 1 unspecified atom stereocenters. The number of thiophene rings is 1. The highest BCUT2D eigenvalue weighted by molar-refractivity contribution is 7.99. The van der Waals surface area contributed by atoms with Crippen LogP contribution in [0, 0.1) is 0 Å². The van der Waals surface area contributed by atoms with E-state index < -0.39 is 0 Å². The number of hydrogen-bond acceptors (Lipinski definition) is 5. The van der Waals surface area contributed by atoms with Crippen LogP contribution in [0.15, 0.2) is 71.2 Å². The van der Waals surface area contributed by atoms with Crippen molar-refractivity contribution in [2.24, 2.45) is 0 Å². The minimum absolute atomic E-state index is 0.0883. The predicted octanol–water partition coefficient (Wildman–Crippen LogP) is 6.89. The van der Waals surface area contributed by atoms with Crippen LogP contribution in [0.4, 0.5) is 5.69 Å². The van der Waals surface area contributed by atoms with E-state index in [0.29, 0.717) is 16.1 Å². The third-order valence-corrected chi connectivity index (χ3v) is 7.21. The smallest absolute Gasteiger partial charge is 0.234 e. The van der Waals surface area contributed by atoms with Gasteiger partial charge in [0.2, 0.25) is 5.91 Å². The molecule has 32 heavy (non-hydrogen) atoms. The molecule has 0 bridgehead atoms. The lowest BCUT2D eigenvalue weighted by Gasteiger charge is -2.11. The Labute approximate surface area is 200 Å². The molecule has 0 fully saturated rings. The van der Waals surface area contributed by atoms with Crippen LogP contribution in [0.25, 0.3) is 16.4 Å². The third kappa shape index (κ3) is 5.23. The van der Waals surface area contributed by atoms with Gasteiger partial charge in [-0.2, -0.15) is 0 Å². The number of nitrogens with one attached hydrogen (secondary N) is 1. The van der Waals surface area contributed by atoms with Crippen molar-refractivity contribution in [2.45, 2.75) is 31.3 Å². The lowest BCUT2D eigenvalue weighted by atomic mass is 9.99. The number of halogens is 1. The first-order valence-corrected chi connectivity index (χ1v) is 12.6. The molecule has 1 N–H and O–H groups in total. The first-order chi connectivity index (χ1) is 15.5. The first-order valence-electron chi connectivity index (χ1n) is 10.3. The number of aromatic nitrogens is 3. The van der Waals surface area contributed by atoms with Crippen LogP contribution in [0.1, 0.15) is 31.7 Å². The fraction of sp³-hybridized carbons (Fsp3) is 0.208. The zero-order chi connectivity index (χ0) is 22.5. The van der Waals surface area contributed by atoms with Crippen molar-refractivity contribution in [2.75, 3.05) is 11.1 Å². The van der Waals surface area contributed by atoms with Gasteiger partial charge in [-0.1, -0.05) is 55.4 Å². The van der Waals surface area contributed by atoms with Crippen molar-refractivity contribution >= 4 is 46.3 Å². The van der Waals surface area contributed by atoms with Crippen LogP contribution < -0.4 is 5.32 Å². The Bertz CT molecular complexity index is 1170. The van der Waals surface area contributed by atoms with Gasteiger partial charge in [-0.15, -0.1) is 21.5 Å². The minimum atomic E-state index is -0.0883. The summed E-state index contributed by atoms with van der Waals surface area (Å²) in [5.74, 6) is 1.39. The first kappa shape index (κ1) is 22.6. The second-order valence-corrected chi connectivity index (χ2v) is 9.69. The van der Waals surface area contributed by atoms with E-state index in [1.54, 1.807) is 11.3 Å². The van der Waals surface area contributed by atoms with Gasteiger partial charge in [0.1, 0.15) is 0 Å². The molecule has 0 spiro atoms. The zero-order valence-electron chi connectivity index (χ0n) is 17.8. The fourth-order valence-electron chi connectivity index (χ4n) is 3.21. The highest BCUT2D eigenvalue weighted by Crippen LogP contribution is 2.31. The number of benzene rings is 2. The van der Waals surface area contributed by atoms with Gasteiger partial charge >= 0.3 is 0 Å². The molecule has 0 aliphatic heterocycles. The van der Waals surface area contributed by atoms with Crippen molar-refractivity contribution in [1.29, 1.82) is 0 Å². The van der Waals surface area contributed by atoms with Crippen molar-refractivity contribution < 1.29 is 4.79 Å². The van der Waals surface area contributed by atoms with Crippen molar-refractivity contribution in [3.63, 3.8) is 0 Å². The fourth-order valence-corrected chi connectivity index (χ4v) is 4.79. The Morgan fingerprint density at radius 1 is 1.12 bits per heavy atom. The van der Waals surface area contributed by atoms with Crippen molar-refractivity contribution in [3.8, 4) is 16.4 Å². The highest BCUT2D eigenvalue weighted by Gasteiger charge is 2.18. The maximum absolute atomic E-state index is 12.6. The summed E-state index contributed by atoms with van der Waals surface area (Å²) in [5.41, 5.74) is 2.96. The lowest BCUT2D eigenvalue weighted by molar-refractivity contribution is -0.113. The molecule has 0 aliphatic rings. The molecule has 1 amide bonds. The summed E-state index contributed by atoms with van der Waals surface area (Å²) in [6, 6.07) is 19.5. The summed E-state index contributed by atoms with van der Waals surface area (Å²) in [6.07, 6.45) is 1.09. The van der Waals surface area contributed by atoms with E-state index in [-0.39, 0.29) is 11.7 Å². The molecule has 0 saturated carbocycles.